The molecule has 27 heteroatoms. The number of benzene rings is 1. The van der Waals surface area contributed by atoms with Crippen LogP contribution in [0, 0.1) is 11.8 Å². The Hall–Kier alpha value is -6.19. The van der Waals surface area contributed by atoms with Gasteiger partial charge in [0.25, 0.3) is 0 Å². The molecular weight excluding hydrogens is 957 g/mol. The van der Waals surface area contributed by atoms with Crippen molar-refractivity contribution in [2.75, 3.05) is 24.6 Å². The van der Waals surface area contributed by atoms with Crippen LogP contribution in [0.5, 0.6) is 5.75 Å². The van der Waals surface area contributed by atoms with Crippen LogP contribution in [0.3, 0.4) is 0 Å². The maximum atomic E-state index is 14.5. The summed E-state index contributed by atoms with van der Waals surface area (Å²) in [7, 11) is 1.94. The van der Waals surface area contributed by atoms with Gasteiger partial charge in [0, 0.05) is 37.3 Å². The zero-order chi connectivity index (χ0) is 52.4. The number of nitrogens with zero attached hydrogens (tertiary/aromatic N) is 1. The van der Waals surface area contributed by atoms with Gasteiger partial charge < -0.3 is 75.3 Å². The van der Waals surface area contributed by atoms with Gasteiger partial charge in [0.2, 0.25) is 65.0 Å². The highest BCUT2D eigenvalue weighted by Gasteiger charge is 2.43. The number of primary amides is 3. The molecule has 388 valence electrons. The normalized spacial score (nSPS) is 25.2. The summed E-state index contributed by atoms with van der Waals surface area (Å²) in [5.41, 5.74) is 22.9. The second-order valence-electron chi connectivity index (χ2n) is 17.6. The molecule has 2 fully saturated rings. The summed E-state index contributed by atoms with van der Waals surface area (Å²) in [4.78, 5) is 148. The number of phenols is 1. The fourth-order valence-corrected chi connectivity index (χ4v) is 9.62. The summed E-state index contributed by atoms with van der Waals surface area (Å²) in [6.45, 7) is 6.00. The average molecular weight is 1020 g/mol. The van der Waals surface area contributed by atoms with Crippen LogP contribution in [-0.2, 0) is 59.2 Å². The Morgan fingerprint density at radius 1 is 0.786 bits per heavy atom. The lowest BCUT2D eigenvalue weighted by Gasteiger charge is -2.31. The Balaban J connectivity index is 2.07. The summed E-state index contributed by atoms with van der Waals surface area (Å²) in [5, 5.41) is 38.2. The lowest BCUT2D eigenvalue weighted by molar-refractivity contribution is -0.142. The monoisotopic (exact) mass is 1020 g/mol. The molecule has 2 saturated heterocycles. The van der Waals surface area contributed by atoms with Crippen molar-refractivity contribution in [3.8, 4) is 5.75 Å². The van der Waals surface area contributed by atoms with E-state index in [1.54, 1.807) is 27.7 Å². The molecule has 25 nitrogen and oxygen atoms in total. The number of carbonyl (C=O) groups is 11. The largest absolute Gasteiger partial charge is 0.508 e. The van der Waals surface area contributed by atoms with E-state index >= 15 is 0 Å². The molecule has 1 aromatic rings. The molecule has 2 aliphatic rings. The number of aliphatic hydroxyl groups is 1. The van der Waals surface area contributed by atoms with Gasteiger partial charge in [-0.05, 0) is 42.4 Å². The Morgan fingerprint density at radius 3 is 1.99 bits per heavy atom. The quantitative estimate of drug-likeness (QED) is 0.0653. The number of amides is 11. The maximum absolute atomic E-state index is 14.5. The van der Waals surface area contributed by atoms with Crippen molar-refractivity contribution in [3.05, 3.63) is 29.8 Å². The van der Waals surface area contributed by atoms with Crippen molar-refractivity contribution in [2.45, 2.75) is 127 Å². The minimum absolute atomic E-state index is 0.0582. The first kappa shape index (κ1) is 58.1. The second-order valence-corrected chi connectivity index (χ2v) is 20.2. The van der Waals surface area contributed by atoms with E-state index in [0.717, 1.165) is 26.5 Å². The van der Waals surface area contributed by atoms with Crippen molar-refractivity contribution in [3.63, 3.8) is 0 Å². The predicted molar refractivity (Wildman–Crippen MR) is 256 cm³/mol. The number of β-amino-alcohol motifs (C(OH)–C–C–N with tert-alkyl or cyclic N) is 1. The van der Waals surface area contributed by atoms with Gasteiger partial charge in [-0.2, -0.15) is 0 Å². The molecule has 0 aliphatic carbocycles. The number of rotatable bonds is 17. The van der Waals surface area contributed by atoms with Gasteiger partial charge in [0.15, 0.2) is 0 Å². The standard InChI is InChI=1S/C43H66N12O13S2/c1-5-21(4)35-42(67)49-26(10-11-32(45)58)38(63)51-29(15-33(46)59)39(64)53-30(19-70-69-18-25(44)36(61)50-28(40(65)54-35)13-22-6-8-23(56)9-7-22)43(68)55-17-24(57)14-31(55)41(66)52-27(12-20(2)3)37(62)48-16-34(47)60/h6-9,20-21,24-31,35,56-57H,5,10-19,44H2,1-4H3,(H2,45,58)(H2,46,59)(H2,47,60)(H,48,62)(H,49,67)(H,50,61)(H,51,63)(H,52,66)(H,53,64)(H,54,65)/t21-,24-,25-,26-,27-,28-,29-,30-,31-,35-/m0/s1. The van der Waals surface area contributed by atoms with Crippen molar-refractivity contribution in [1.82, 2.24) is 42.1 Å². The molecule has 70 heavy (non-hydrogen) atoms. The lowest BCUT2D eigenvalue weighted by Crippen LogP contribution is -2.61. The zero-order valence-electron chi connectivity index (χ0n) is 39.4. The van der Waals surface area contributed by atoms with Gasteiger partial charge in [-0.15, -0.1) is 0 Å². The van der Waals surface area contributed by atoms with E-state index in [1.807, 2.05) is 0 Å². The van der Waals surface area contributed by atoms with Gasteiger partial charge in [-0.3, -0.25) is 52.7 Å². The fourth-order valence-electron chi connectivity index (χ4n) is 7.35. The molecule has 3 rings (SSSR count). The molecule has 0 unspecified atom stereocenters. The number of hydrogen-bond acceptors (Lipinski definition) is 16. The van der Waals surface area contributed by atoms with Crippen LogP contribution in [0.2, 0.25) is 0 Å². The molecule has 0 aromatic heterocycles. The third-order valence-electron chi connectivity index (χ3n) is 11.3. The van der Waals surface area contributed by atoms with Gasteiger partial charge in [0.05, 0.1) is 25.1 Å². The summed E-state index contributed by atoms with van der Waals surface area (Å²) < 4.78 is 0. The molecule has 1 aromatic carbocycles. The van der Waals surface area contributed by atoms with Gasteiger partial charge in [-0.1, -0.05) is 67.8 Å². The van der Waals surface area contributed by atoms with Gasteiger partial charge in [-0.25, -0.2) is 0 Å². The first-order valence-electron chi connectivity index (χ1n) is 22.6. The van der Waals surface area contributed by atoms with E-state index in [9.17, 15) is 63.0 Å². The SMILES string of the molecule is CC[C@H](C)[C@@H]1NC(=O)[C@H](Cc2ccc(O)cc2)NC(=O)[C@@H](N)CSSC[C@@H](C(=O)N2C[C@@H](O)C[C@H]2C(=O)N[C@@H](CC(C)C)C(=O)NCC(N)=O)NC(=O)[C@H](CC(N)=O)NC(=O)[C@H](CCC(N)=O)NC1=O. The van der Waals surface area contributed by atoms with Crippen LogP contribution in [0.15, 0.2) is 24.3 Å². The number of carbonyl (C=O) groups excluding carboxylic acids is 11. The van der Waals surface area contributed by atoms with Crippen molar-refractivity contribution >= 4 is 86.6 Å². The smallest absolute Gasteiger partial charge is 0.246 e. The Kier molecular flexibility index (Phi) is 23.1. The van der Waals surface area contributed by atoms with Gasteiger partial charge in [0.1, 0.15) is 48.0 Å². The zero-order valence-corrected chi connectivity index (χ0v) is 41.0. The summed E-state index contributed by atoms with van der Waals surface area (Å²) in [5.74, 6) is -11.2. The molecule has 10 atom stereocenters. The van der Waals surface area contributed by atoms with Crippen molar-refractivity contribution in [2.24, 2.45) is 34.8 Å². The second kappa shape index (κ2) is 27.9. The van der Waals surface area contributed by atoms with Crippen LogP contribution < -0.4 is 60.2 Å². The van der Waals surface area contributed by atoms with E-state index in [2.05, 4.69) is 37.2 Å². The highest BCUT2D eigenvalue weighted by atomic mass is 33.1. The number of hydrogen-bond donors (Lipinski definition) is 13. The molecule has 11 amide bonds. The van der Waals surface area contributed by atoms with E-state index in [4.69, 9.17) is 22.9 Å². The predicted octanol–water partition coefficient (Wildman–Crippen LogP) is -4.64. The number of nitrogens with two attached hydrogens (primary N) is 4. The number of likely N-dealkylation sites (tertiary alicyclic amines) is 1. The Morgan fingerprint density at radius 2 is 1.39 bits per heavy atom. The minimum atomic E-state index is -1.81. The molecule has 0 saturated carbocycles. The molecular formula is C43H66N12O13S2. The number of nitrogens with one attached hydrogen (secondary N) is 7. The van der Waals surface area contributed by atoms with Crippen LogP contribution in [0.25, 0.3) is 0 Å². The molecule has 0 radical (unpaired) electrons. The molecule has 17 N–H and O–H groups in total. The van der Waals surface area contributed by atoms with Crippen LogP contribution in [-0.4, -0.2) is 159 Å². The van der Waals surface area contributed by atoms with Crippen LogP contribution >= 0.6 is 21.6 Å². The van der Waals surface area contributed by atoms with Crippen LogP contribution in [0.4, 0.5) is 0 Å². The van der Waals surface area contributed by atoms with E-state index < -0.39 is 158 Å². The molecule has 0 spiro atoms. The summed E-state index contributed by atoms with van der Waals surface area (Å²) in [6.07, 6.45) is -2.94. The topological polar surface area (TPSA) is 420 Å². The lowest BCUT2D eigenvalue weighted by atomic mass is 9.96. The molecule has 0 bridgehead atoms. The fraction of sp³-hybridized carbons (Fsp3) is 0.605. The first-order chi connectivity index (χ1) is 32.9. The van der Waals surface area contributed by atoms with Crippen molar-refractivity contribution < 1.29 is 63.0 Å². The van der Waals surface area contributed by atoms with Gasteiger partial charge >= 0.3 is 0 Å². The Bertz CT molecular complexity index is 2080. The average Bonchev–Trinajstić information content (AvgIpc) is 3.69. The first-order valence-corrected chi connectivity index (χ1v) is 25.1. The maximum Gasteiger partial charge on any atom is 0.246 e. The number of aromatic hydroxyl groups is 1. The third kappa shape index (κ3) is 18.6. The molecule has 2 heterocycles. The van der Waals surface area contributed by atoms with E-state index in [1.165, 1.54) is 24.3 Å². The highest BCUT2D eigenvalue weighted by Crippen LogP contribution is 2.26. The molecule has 2 aliphatic heterocycles. The number of aliphatic hydroxyl groups excluding tert-OH is 1. The van der Waals surface area contributed by atoms with Crippen molar-refractivity contribution in [1.29, 1.82) is 0 Å². The highest BCUT2D eigenvalue weighted by molar-refractivity contribution is 8.76. The minimum Gasteiger partial charge on any atom is -0.508 e. The summed E-state index contributed by atoms with van der Waals surface area (Å²) in [6, 6.07) is -5.75. The van der Waals surface area contributed by atoms with E-state index in [0.29, 0.717) is 12.0 Å². The number of phenolic OH excluding ortho intramolecular Hbond substituents is 1. The third-order valence-corrected chi connectivity index (χ3v) is 13.8. The van der Waals surface area contributed by atoms with E-state index in [-0.39, 0.29) is 42.4 Å². The van der Waals surface area contributed by atoms with Crippen LogP contribution in [0.1, 0.15) is 71.8 Å². The summed E-state index contributed by atoms with van der Waals surface area (Å²) >= 11 is 0. The Labute approximate surface area is 412 Å².